The fourth-order valence-corrected chi connectivity index (χ4v) is 3.56. The Morgan fingerprint density at radius 2 is 2.53 bits per heavy atom. The average molecular weight is 290 g/mol. The van der Waals surface area contributed by atoms with Crippen LogP contribution in [0.3, 0.4) is 0 Å². The highest BCUT2D eigenvalue weighted by molar-refractivity contribution is 9.10. The fourth-order valence-electron chi connectivity index (χ4n) is 1.93. The van der Waals surface area contributed by atoms with Crippen molar-refractivity contribution in [1.29, 1.82) is 0 Å². The summed E-state index contributed by atoms with van der Waals surface area (Å²) in [7, 11) is 1.88. The number of aliphatic carboxylic acids is 1. The zero-order valence-corrected chi connectivity index (χ0v) is 10.6. The zero-order valence-electron chi connectivity index (χ0n) is 8.24. The maximum absolute atomic E-state index is 10.8. The molecule has 2 rings (SSSR count). The molecule has 3 atom stereocenters. The molecule has 0 aliphatic heterocycles. The maximum atomic E-state index is 10.8. The monoisotopic (exact) mass is 289 g/mol. The van der Waals surface area contributed by atoms with E-state index in [1.807, 2.05) is 12.4 Å². The lowest BCUT2D eigenvalue weighted by Crippen LogP contribution is -2.19. The molecule has 0 amide bonds. The molecule has 1 aromatic heterocycles. The van der Waals surface area contributed by atoms with Crippen LogP contribution in [0.5, 0.6) is 0 Å². The molecule has 1 fully saturated rings. The second-order valence-corrected chi connectivity index (χ2v) is 5.64. The van der Waals surface area contributed by atoms with Crippen molar-refractivity contribution in [3.8, 4) is 0 Å². The molecule has 0 bridgehead atoms. The molecule has 15 heavy (non-hydrogen) atoms. The third-order valence-corrected chi connectivity index (χ3v) is 4.57. The number of carboxylic acids is 1. The third kappa shape index (κ3) is 2.24. The Bertz CT molecular complexity index is 379. The van der Waals surface area contributed by atoms with Gasteiger partial charge in [-0.25, -0.2) is 0 Å². The molecule has 1 aliphatic carbocycles. The topological polar surface area (TPSA) is 49.3 Å². The molecule has 0 spiro atoms. The van der Waals surface area contributed by atoms with Crippen molar-refractivity contribution in [3.63, 3.8) is 0 Å². The Kier molecular flexibility index (Phi) is 3.13. The van der Waals surface area contributed by atoms with Gasteiger partial charge in [0.25, 0.3) is 0 Å². The number of hydrogen-bond acceptors (Lipinski definition) is 3. The lowest BCUT2D eigenvalue weighted by atomic mass is 10.1. The highest BCUT2D eigenvalue weighted by Gasteiger charge is 2.48. The number of hydrogen-bond donors (Lipinski definition) is 2. The van der Waals surface area contributed by atoms with Gasteiger partial charge in [0.05, 0.1) is 5.92 Å². The summed E-state index contributed by atoms with van der Waals surface area (Å²) in [5.74, 6) is -0.586. The van der Waals surface area contributed by atoms with Crippen LogP contribution in [0.1, 0.15) is 17.3 Å². The SMILES string of the molecule is CNC(c1cc(Br)cs1)C1CC1C(=O)O. The van der Waals surface area contributed by atoms with Crippen LogP contribution in [-0.2, 0) is 4.79 Å². The summed E-state index contributed by atoms with van der Waals surface area (Å²) in [5.41, 5.74) is 0. The Morgan fingerprint density at radius 3 is 2.93 bits per heavy atom. The van der Waals surface area contributed by atoms with Crippen LogP contribution < -0.4 is 5.32 Å². The van der Waals surface area contributed by atoms with E-state index in [-0.39, 0.29) is 17.9 Å². The van der Waals surface area contributed by atoms with E-state index in [1.165, 1.54) is 4.88 Å². The van der Waals surface area contributed by atoms with E-state index in [1.54, 1.807) is 11.3 Å². The van der Waals surface area contributed by atoms with Crippen molar-refractivity contribution in [2.24, 2.45) is 11.8 Å². The van der Waals surface area contributed by atoms with Gasteiger partial charge in [-0.15, -0.1) is 11.3 Å². The molecule has 0 radical (unpaired) electrons. The minimum absolute atomic E-state index is 0.164. The Hall–Kier alpha value is -0.390. The van der Waals surface area contributed by atoms with E-state index in [0.717, 1.165) is 10.9 Å². The molecule has 1 saturated carbocycles. The molecule has 82 valence electrons. The van der Waals surface area contributed by atoms with Gasteiger partial charge in [-0.2, -0.15) is 0 Å². The summed E-state index contributed by atoms with van der Waals surface area (Å²) in [6.07, 6.45) is 0.788. The van der Waals surface area contributed by atoms with Gasteiger partial charge in [0, 0.05) is 20.8 Å². The van der Waals surface area contributed by atoms with Crippen molar-refractivity contribution < 1.29 is 9.90 Å². The predicted octanol–water partition coefficient (Wildman–Crippen LogP) is 2.49. The summed E-state index contributed by atoms with van der Waals surface area (Å²) < 4.78 is 1.07. The molecule has 1 aromatic rings. The number of carbonyl (C=O) groups is 1. The van der Waals surface area contributed by atoms with Crippen LogP contribution in [0.2, 0.25) is 0 Å². The molecule has 3 nitrogen and oxygen atoms in total. The summed E-state index contributed by atoms with van der Waals surface area (Å²) >= 11 is 5.07. The molecule has 1 aliphatic rings. The van der Waals surface area contributed by atoms with E-state index < -0.39 is 5.97 Å². The number of halogens is 1. The molecular weight excluding hydrogens is 278 g/mol. The second kappa shape index (κ2) is 4.23. The van der Waals surface area contributed by atoms with Crippen LogP contribution >= 0.6 is 27.3 Å². The third-order valence-electron chi connectivity index (χ3n) is 2.79. The largest absolute Gasteiger partial charge is 0.481 e. The molecule has 2 N–H and O–H groups in total. The molecular formula is C10H12BrNO2S. The first-order valence-corrected chi connectivity index (χ1v) is 6.44. The highest BCUT2D eigenvalue weighted by atomic mass is 79.9. The van der Waals surface area contributed by atoms with Gasteiger partial charge < -0.3 is 10.4 Å². The van der Waals surface area contributed by atoms with Gasteiger partial charge in [0.2, 0.25) is 0 Å². The van der Waals surface area contributed by atoms with Crippen LogP contribution in [0.25, 0.3) is 0 Å². The van der Waals surface area contributed by atoms with Crippen LogP contribution in [-0.4, -0.2) is 18.1 Å². The Morgan fingerprint density at radius 1 is 1.80 bits per heavy atom. The van der Waals surface area contributed by atoms with Gasteiger partial charge in [0.1, 0.15) is 0 Å². The summed E-state index contributed by atoms with van der Waals surface area (Å²) in [5, 5.41) is 14.1. The van der Waals surface area contributed by atoms with Crippen LogP contribution in [0.15, 0.2) is 15.9 Å². The zero-order chi connectivity index (χ0) is 11.0. The summed E-state index contributed by atoms with van der Waals surface area (Å²) in [6, 6.07) is 2.24. The van der Waals surface area contributed by atoms with Gasteiger partial charge in [0.15, 0.2) is 0 Å². The van der Waals surface area contributed by atoms with E-state index in [2.05, 4.69) is 27.3 Å². The van der Waals surface area contributed by atoms with Crippen molar-refractivity contribution in [3.05, 3.63) is 20.8 Å². The number of carboxylic acid groups (broad SMARTS) is 1. The Labute approximate surface area is 101 Å². The predicted molar refractivity (Wildman–Crippen MR) is 63.1 cm³/mol. The maximum Gasteiger partial charge on any atom is 0.306 e. The lowest BCUT2D eigenvalue weighted by molar-refractivity contribution is -0.138. The van der Waals surface area contributed by atoms with Crippen LogP contribution in [0, 0.1) is 11.8 Å². The fraction of sp³-hybridized carbons (Fsp3) is 0.500. The van der Waals surface area contributed by atoms with Gasteiger partial charge in [-0.05, 0) is 41.4 Å². The molecule has 3 unspecified atom stereocenters. The first-order valence-electron chi connectivity index (χ1n) is 4.77. The minimum atomic E-state index is -0.670. The molecule has 0 aromatic carbocycles. The first kappa shape index (κ1) is 11.1. The minimum Gasteiger partial charge on any atom is -0.481 e. The highest BCUT2D eigenvalue weighted by Crippen LogP contribution is 2.48. The van der Waals surface area contributed by atoms with E-state index in [9.17, 15) is 4.79 Å². The average Bonchev–Trinajstić information content (AvgIpc) is 2.85. The number of thiophene rings is 1. The van der Waals surface area contributed by atoms with Crippen molar-refractivity contribution >= 4 is 33.2 Å². The first-order chi connectivity index (χ1) is 7.13. The van der Waals surface area contributed by atoms with Gasteiger partial charge in [-0.1, -0.05) is 0 Å². The van der Waals surface area contributed by atoms with Gasteiger partial charge >= 0.3 is 5.97 Å². The normalized spacial score (nSPS) is 26.3. The lowest BCUT2D eigenvalue weighted by Gasteiger charge is -2.13. The summed E-state index contributed by atoms with van der Waals surface area (Å²) in [6.45, 7) is 0. The Balaban J connectivity index is 2.09. The summed E-state index contributed by atoms with van der Waals surface area (Å²) in [4.78, 5) is 12.0. The van der Waals surface area contributed by atoms with E-state index in [0.29, 0.717) is 0 Å². The quantitative estimate of drug-likeness (QED) is 0.895. The molecule has 5 heteroatoms. The molecule has 1 heterocycles. The van der Waals surface area contributed by atoms with E-state index in [4.69, 9.17) is 5.11 Å². The van der Waals surface area contributed by atoms with Crippen molar-refractivity contribution in [1.82, 2.24) is 5.32 Å². The van der Waals surface area contributed by atoms with Gasteiger partial charge in [-0.3, -0.25) is 4.79 Å². The van der Waals surface area contributed by atoms with Crippen molar-refractivity contribution in [2.75, 3.05) is 7.05 Å². The standard InChI is InChI=1S/C10H12BrNO2S/c1-12-9(6-3-7(6)10(13)14)8-2-5(11)4-15-8/h2,4,6-7,9,12H,3H2,1H3,(H,13,14). The van der Waals surface area contributed by atoms with E-state index >= 15 is 0 Å². The number of rotatable bonds is 4. The smallest absolute Gasteiger partial charge is 0.306 e. The van der Waals surface area contributed by atoms with Crippen molar-refractivity contribution in [2.45, 2.75) is 12.5 Å². The molecule has 0 saturated heterocycles. The second-order valence-electron chi connectivity index (χ2n) is 3.78. The number of nitrogens with one attached hydrogen (secondary N) is 1. The van der Waals surface area contributed by atoms with Crippen LogP contribution in [0.4, 0.5) is 0 Å².